The summed E-state index contributed by atoms with van der Waals surface area (Å²) in [6, 6.07) is 0. The van der Waals surface area contributed by atoms with Gasteiger partial charge in [-0.05, 0) is 37.2 Å². The molecule has 0 amide bonds. The summed E-state index contributed by atoms with van der Waals surface area (Å²) in [4.78, 5) is 11.0. The van der Waals surface area contributed by atoms with E-state index in [2.05, 4.69) is 29.9 Å². The van der Waals surface area contributed by atoms with Crippen LogP contribution in [0.4, 0.5) is 0 Å². The first-order chi connectivity index (χ1) is 10.5. The number of ether oxygens (including phenoxy) is 1. The fourth-order valence-electron chi connectivity index (χ4n) is 2.89. The van der Waals surface area contributed by atoms with Crippen LogP contribution in [0.3, 0.4) is 0 Å². The van der Waals surface area contributed by atoms with Gasteiger partial charge < -0.3 is 9.84 Å². The first-order valence-electron chi connectivity index (χ1n) is 8.61. The summed E-state index contributed by atoms with van der Waals surface area (Å²) in [6.07, 6.45) is 16.0. The highest BCUT2D eigenvalue weighted by Gasteiger charge is 2.22. The molecule has 1 rings (SSSR count). The van der Waals surface area contributed by atoms with Gasteiger partial charge in [-0.15, -0.1) is 0 Å². The van der Waals surface area contributed by atoms with Crippen LogP contribution in [0.5, 0.6) is 0 Å². The minimum atomic E-state index is -0.356. The molecule has 0 spiro atoms. The largest absolute Gasteiger partial charge is 0.469 e. The molecule has 0 saturated carbocycles. The number of esters is 1. The van der Waals surface area contributed by atoms with Crippen molar-refractivity contribution >= 4 is 5.97 Å². The van der Waals surface area contributed by atoms with Crippen molar-refractivity contribution in [1.82, 2.24) is 0 Å². The predicted octanol–water partition coefficient (Wildman–Crippen LogP) is 4.55. The van der Waals surface area contributed by atoms with Crippen LogP contribution in [-0.4, -0.2) is 24.3 Å². The second kappa shape index (κ2) is 9.83. The maximum Gasteiger partial charge on any atom is 0.305 e. The third kappa shape index (κ3) is 7.26. The molecule has 3 heteroatoms. The number of methoxy groups -OCH3 is 1. The van der Waals surface area contributed by atoms with E-state index >= 15 is 0 Å². The van der Waals surface area contributed by atoms with Crippen molar-refractivity contribution in [3.8, 4) is 0 Å². The molecule has 0 saturated heterocycles. The molecule has 1 aliphatic carbocycles. The van der Waals surface area contributed by atoms with Crippen molar-refractivity contribution in [2.24, 2.45) is 5.41 Å². The Labute approximate surface area is 135 Å². The van der Waals surface area contributed by atoms with E-state index in [1.807, 2.05) is 6.92 Å². The molecule has 0 fully saturated rings. The number of allylic oxidation sites excluding steroid dienone is 2. The number of aliphatic hydroxyl groups excluding tert-OH is 1. The highest BCUT2D eigenvalue weighted by Crippen LogP contribution is 2.35. The molecule has 1 N–H and O–H groups in total. The maximum atomic E-state index is 11.0. The number of unbranched alkanes of at least 4 members (excludes halogenated alkanes) is 5. The Morgan fingerprint density at radius 1 is 1.27 bits per heavy atom. The van der Waals surface area contributed by atoms with Crippen LogP contribution >= 0.6 is 0 Å². The standard InChI is InChI=1S/C19H32O3/c1-16(20)17-11-14-19(2,15-12-17)13-9-7-5-4-6-8-10-18(21)22-3/h11-12,14,16,20H,4-10,13,15H2,1-3H3/t16-,19-/m1/s1. The van der Waals surface area contributed by atoms with E-state index in [9.17, 15) is 9.90 Å². The van der Waals surface area contributed by atoms with Gasteiger partial charge in [0.2, 0.25) is 0 Å². The molecule has 0 aromatic rings. The molecule has 0 unspecified atom stereocenters. The summed E-state index contributed by atoms with van der Waals surface area (Å²) in [5.74, 6) is -0.0957. The fraction of sp³-hybridized carbons (Fsp3) is 0.737. The van der Waals surface area contributed by atoms with Gasteiger partial charge in [-0.1, -0.05) is 57.3 Å². The lowest BCUT2D eigenvalue weighted by Gasteiger charge is -2.28. The topological polar surface area (TPSA) is 46.5 Å². The van der Waals surface area contributed by atoms with Crippen molar-refractivity contribution in [2.45, 2.75) is 77.7 Å². The second-order valence-corrected chi connectivity index (χ2v) is 6.77. The van der Waals surface area contributed by atoms with Crippen molar-refractivity contribution in [1.29, 1.82) is 0 Å². The Hall–Kier alpha value is -1.09. The predicted molar refractivity (Wildman–Crippen MR) is 90.6 cm³/mol. The van der Waals surface area contributed by atoms with E-state index in [1.165, 1.54) is 39.2 Å². The summed E-state index contributed by atoms with van der Waals surface area (Å²) >= 11 is 0. The normalized spacial score (nSPS) is 22.3. The lowest BCUT2D eigenvalue weighted by atomic mass is 9.77. The van der Waals surface area contributed by atoms with E-state index in [0.29, 0.717) is 6.42 Å². The molecule has 0 radical (unpaired) electrons. The van der Waals surface area contributed by atoms with E-state index in [4.69, 9.17) is 0 Å². The lowest BCUT2D eigenvalue weighted by molar-refractivity contribution is -0.140. The Morgan fingerprint density at radius 3 is 2.45 bits per heavy atom. The molecule has 22 heavy (non-hydrogen) atoms. The molecule has 1 aliphatic rings. The van der Waals surface area contributed by atoms with E-state index in [1.54, 1.807) is 0 Å². The van der Waals surface area contributed by atoms with Crippen LogP contribution in [-0.2, 0) is 9.53 Å². The van der Waals surface area contributed by atoms with Crippen molar-refractivity contribution in [3.05, 3.63) is 23.8 Å². The van der Waals surface area contributed by atoms with Gasteiger partial charge in [-0.2, -0.15) is 0 Å². The van der Waals surface area contributed by atoms with Gasteiger partial charge in [0.05, 0.1) is 13.2 Å². The first kappa shape index (κ1) is 19.0. The van der Waals surface area contributed by atoms with Crippen molar-refractivity contribution < 1.29 is 14.6 Å². The molecule has 2 atom stereocenters. The summed E-state index contributed by atoms with van der Waals surface area (Å²) < 4.78 is 4.63. The van der Waals surface area contributed by atoms with E-state index in [-0.39, 0.29) is 17.5 Å². The van der Waals surface area contributed by atoms with Gasteiger partial charge in [-0.25, -0.2) is 0 Å². The van der Waals surface area contributed by atoms with E-state index < -0.39 is 0 Å². The van der Waals surface area contributed by atoms with Crippen molar-refractivity contribution in [3.63, 3.8) is 0 Å². The molecule has 0 aromatic carbocycles. The number of hydrogen-bond acceptors (Lipinski definition) is 3. The summed E-state index contributed by atoms with van der Waals surface area (Å²) in [5.41, 5.74) is 1.30. The van der Waals surface area contributed by atoms with Gasteiger partial charge in [0, 0.05) is 6.42 Å². The van der Waals surface area contributed by atoms with E-state index in [0.717, 1.165) is 24.8 Å². The molecule has 0 aromatic heterocycles. The molecule has 0 heterocycles. The average molecular weight is 308 g/mol. The van der Waals surface area contributed by atoms with Gasteiger partial charge in [-0.3, -0.25) is 4.79 Å². The van der Waals surface area contributed by atoms with Crippen LogP contribution in [0, 0.1) is 5.41 Å². The lowest BCUT2D eigenvalue weighted by Crippen LogP contribution is -2.17. The number of hydrogen-bond donors (Lipinski definition) is 1. The quantitative estimate of drug-likeness (QED) is 0.475. The smallest absolute Gasteiger partial charge is 0.305 e. The Kier molecular flexibility index (Phi) is 8.47. The summed E-state index contributed by atoms with van der Waals surface area (Å²) in [6.45, 7) is 4.12. The average Bonchev–Trinajstić information content (AvgIpc) is 2.50. The highest BCUT2D eigenvalue weighted by molar-refractivity contribution is 5.68. The zero-order valence-electron chi connectivity index (χ0n) is 14.4. The number of rotatable bonds is 10. The van der Waals surface area contributed by atoms with Crippen molar-refractivity contribution in [2.75, 3.05) is 7.11 Å². The monoisotopic (exact) mass is 308 g/mol. The van der Waals surface area contributed by atoms with Gasteiger partial charge in [0.25, 0.3) is 0 Å². The van der Waals surface area contributed by atoms with Gasteiger partial charge in [0.15, 0.2) is 0 Å². The Bertz CT molecular complexity index is 395. The number of carbonyl (C=O) groups excluding carboxylic acids is 1. The molecular weight excluding hydrogens is 276 g/mol. The third-order valence-electron chi connectivity index (χ3n) is 4.57. The van der Waals surface area contributed by atoms with Gasteiger partial charge in [0.1, 0.15) is 0 Å². The Balaban J connectivity index is 2.06. The maximum absolute atomic E-state index is 11.0. The van der Waals surface area contributed by atoms with Crippen LogP contribution < -0.4 is 0 Å². The first-order valence-corrected chi connectivity index (χ1v) is 8.61. The van der Waals surface area contributed by atoms with Crippen LogP contribution in [0.2, 0.25) is 0 Å². The van der Waals surface area contributed by atoms with Crippen LogP contribution in [0.25, 0.3) is 0 Å². The fourth-order valence-corrected chi connectivity index (χ4v) is 2.89. The molecular formula is C19H32O3. The zero-order valence-corrected chi connectivity index (χ0v) is 14.4. The minimum absolute atomic E-state index is 0.0957. The van der Waals surface area contributed by atoms with Crippen LogP contribution in [0.1, 0.15) is 71.6 Å². The molecule has 0 aliphatic heterocycles. The molecule has 126 valence electrons. The minimum Gasteiger partial charge on any atom is -0.469 e. The van der Waals surface area contributed by atoms with Gasteiger partial charge >= 0.3 is 5.97 Å². The highest BCUT2D eigenvalue weighted by atomic mass is 16.5. The molecule has 3 nitrogen and oxygen atoms in total. The Morgan fingerprint density at radius 2 is 1.91 bits per heavy atom. The summed E-state index contributed by atoms with van der Waals surface area (Å²) in [7, 11) is 1.45. The zero-order chi connectivity index (χ0) is 16.4. The SMILES string of the molecule is COC(=O)CCCCCCCC[C@]1(C)C=CC([C@@H](C)O)=CC1. The summed E-state index contributed by atoms with van der Waals surface area (Å²) in [5, 5.41) is 9.57. The molecule has 0 bridgehead atoms. The second-order valence-electron chi connectivity index (χ2n) is 6.77. The third-order valence-corrected chi connectivity index (χ3v) is 4.57. The number of aliphatic hydroxyl groups is 1. The van der Waals surface area contributed by atoms with Crippen LogP contribution in [0.15, 0.2) is 23.8 Å². The number of carbonyl (C=O) groups is 1.